The number of rotatable bonds is 6. The smallest absolute Gasteiger partial charge is 0.466 e. The number of phenolic OH excluding ortho intramolecular Hbond substituents is 3. The zero-order valence-corrected chi connectivity index (χ0v) is 21.3. The van der Waals surface area contributed by atoms with Crippen molar-refractivity contribution in [1.29, 1.82) is 0 Å². The van der Waals surface area contributed by atoms with Crippen LogP contribution in [0, 0.1) is 0 Å². The number of phenols is 3. The molecule has 13 nitrogen and oxygen atoms in total. The molecule has 0 atom stereocenters. The highest BCUT2D eigenvalue weighted by Crippen LogP contribution is 2.27. The average molecular weight is 554 g/mol. The Kier molecular flexibility index (Phi) is 15.1. The van der Waals surface area contributed by atoms with Crippen molar-refractivity contribution in [2.45, 2.75) is 0 Å². The van der Waals surface area contributed by atoms with Crippen molar-refractivity contribution in [1.82, 2.24) is 0 Å². The fourth-order valence-corrected chi connectivity index (χ4v) is 2.30. The standard InChI is InChI=1S/3C8H8O3.H3O4P/c3*1-11-8-4-6(5-9)2-3-7(8)10;1-5(2,3)4/h3*2-5,10H,1H3;(H3,1,2,3,4). The van der Waals surface area contributed by atoms with Gasteiger partial charge in [-0.05, 0) is 54.6 Å². The molecule has 0 saturated heterocycles. The van der Waals surface area contributed by atoms with Gasteiger partial charge in [0.15, 0.2) is 34.5 Å². The summed E-state index contributed by atoms with van der Waals surface area (Å²) >= 11 is 0. The number of ether oxygens (including phenoxy) is 3. The van der Waals surface area contributed by atoms with Crippen LogP contribution in [-0.4, -0.2) is 70.2 Å². The van der Waals surface area contributed by atoms with Crippen LogP contribution in [0.2, 0.25) is 0 Å². The van der Waals surface area contributed by atoms with E-state index >= 15 is 0 Å². The van der Waals surface area contributed by atoms with Gasteiger partial charge in [0.2, 0.25) is 0 Å². The molecule has 14 heteroatoms. The number of aromatic hydroxyl groups is 3. The molecular weight excluding hydrogens is 527 g/mol. The fraction of sp³-hybridized carbons (Fsp3) is 0.125. The van der Waals surface area contributed by atoms with Crippen LogP contribution in [0.3, 0.4) is 0 Å². The normalized spacial score (nSPS) is 9.53. The number of methoxy groups -OCH3 is 3. The Morgan fingerprint density at radius 3 is 0.921 bits per heavy atom. The molecule has 3 rings (SSSR count). The second-order valence-electron chi connectivity index (χ2n) is 6.66. The molecule has 0 unspecified atom stereocenters. The third kappa shape index (κ3) is 13.6. The first-order valence-corrected chi connectivity index (χ1v) is 11.6. The number of benzene rings is 3. The van der Waals surface area contributed by atoms with Gasteiger partial charge in [0.1, 0.15) is 18.9 Å². The molecule has 0 saturated carbocycles. The van der Waals surface area contributed by atoms with E-state index in [9.17, 15) is 14.4 Å². The molecule has 0 amide bonds. The van der Waals surface area contributed by atoms with Gasteiger partial charge in [0.05, 0.1) is 21.3 Å². The highest BCUT2D eigenvalue weighted by Gasteiger charge is 2.02. The maximum atomic E-state index is 10.2. The molecule has 0 radical (unpaired) electrons. The minimum absolute atomic E-state index is 0.0399. The summed E-state index contributed by atoms with van der Waals surface area (Å²) in [5, 5.41) is 27.3. The van der Waals surface area contributed by atoms with E-state index in [4.69, 9.17) is 48.8 Å². The van der Waals surface area contributed by atoms with Gasteiger partial charge in [-0.1, -0.05) is 0 Å². The lowest BCUT2D eigenvalue weighted by Crippen LogP contribution is -1.85. The summed E-state index contributed by atoms with van der Waals surface area (Å²) in [6.07, 6.45) is 2.09. The van der Waals surface area contributed by atoms with Crippen LogP contribution in [0.15, 0.2) is 54.6 Å². The van der Waals surface area contributed by atoms with Gasteiger partial charge in [-0.3, -0.25) is 14.4 Å². The zero-order valence-electron chi connectivity index (χ0n) is 20.4. The Bertz CT molecular complexity index is 1090. The summed E-state index contributed by atoms with van der Waals surface area (Å²) in [6.45, 7) is 0. The minimum atomic E-state index is -4.64. The first-order chi connectivity index (χ1) is 17.8. The summed E-state index contributed by atoms with van der Waals surface area (Å²) in [5.41, 5.74) is 1.46. The van der Waals surface area contributed by atoms with Crippen LogP contribution in [0.25, 0.3) is 0 Å². The van der Waals surface area contributed by atoms with Crippen LogP contribution in [0.4, 0.5) is 0 Å². The van der Waals surface area contributed by atoms with E-state index in [1.165, 1.54) is 75.9 Å². The topological polar surface area (TPSA) is 217 Å². The molecule has 0 aliphatic rings. The number of hydrogen-bond donors (Lipinski definition) is 6. The molecule has 0 aromatic heterocycles. The summed E-state index contributed by atoms with van der Waals surface area (Å²) in [6, 6.07) is 13.2. The molecule has 0 aliphatic carbocycles. The SMILES string of the molecule is COc1cc(C=O)ccc1O.COc1cc(C=O)ccc1O.COc1cc(C=O)ccc1O.O=P(O)(O)O. The number of aldehydes is 3. The lowest BCUT2D eigenvalue weighted by molar-refractivity contribution is 0.111. The highest BCUT2D eigenvalue weighted by molar-refractivity contribution is 7.45. The fourth-order valence-electron chi connectivity index (χ4n) is 2.30. The van der Waals surface area contributed by atoms with E-state index in [-0.39, 0.29) is 17.2 Å². The molecular formula is C24H27O13P. The quantitative estimate of drug-likeness (QED) is 0.191. The third-order valence-electron chi connectivity index (χ3n) is 4.02. The van der Waals surface area contributed by atoms with Gasteiger partial charge in [-0.25, -0.2) is 4.57 Å². The Morgan fingerprint density at radius 2 is 0.763 bits per heavy atom. The Labute approximate surface area is 217 Å². The zero-order chi connectivity index (χ0) is 29.3. The Morgan fingerprint density at radius 1 is 0.553 bits per heavy atom. The molecule has 0 spiro atoms. The van der Waals surface area contributed by atoms with E-state index in [2.05, 4.69) is 0 Å². The molecule has 0 fully saturated rings. The molecule has 3 aromatic rings. The molecule has 6 N–H and O–H groups in total. The van der Waals surface area contributed by atoms with Crippen molar-refractivity contribution in [3.63, 3.8) is 0 Å². The van der Waals surface area contributed by atoms with Gasteiger partial charge in [0, 0.05) is 16.7 Å². The molecule has 0 aliphatic heterocycles. The van der Waals surface area contributed by atoms with E-state index in [0.29, 0.717) is 52.8 Å². The minimum Gasteiger partial charge on any atom is -0.504 e. The predicted molar refractivity (Wildman–Crippen MR) is 134 cm³/mol. The molecule has 38 heavy (non-hydrogen) atoms. The predicted octanol–water partition coefficient (Wildman–Crippen LogP) is 2.71. The largest absolute Gasteiger partial charge is 0.504 e. The average Bonchev–Trinajstić information content (AvgIpc) is 2.89. The van der Waals surface area contributed by atoms with Crippen LogP contribution < -0.4 is 14.2 Å². The van der Waals surface area contributed by atoms with E-state index in [1.807, 2.05) is 0 Å². The van der Waals surface area contributed by atoms with Gasteiger partial charge in [-0.2, -0.15) is 0 Å². The molecule has 3 aromatic carbocycles. The number of phosphoric acid groups is 1. The van der Waals surface area contributed by atoms with Crippen LogP contribution >= 0.6 is 7.82 Å². The Balaban J connectivity index is 0.000000497. The lowest BCUT2D eigenvalue weighted by Gasteiger charge is -2.01. The molecule has 0 bridgehead atoms. The highest BCUT2D eigenvalue weighted by atomic mass is 31.2. The van der Waals surface area contributed by atoms with Crippen molar-refractivity contribution in [3.8, 4) is 34.5 Å². The lowest BCUT2D eigenvalue weighted by atomic mass is 10.2. The third-order valence-corrected chi connectivity index (χ3v) is 4.02. The first kappa shape index (κ1) is 33.6. The summed E-state index contributed by atoms with van der Waals surface area (Å²) in [5.74, 6) is 1.06. The molecule has 0 heterocycles. The van der Waals surface area contributed by atoms with Crippen molar-refractivity contribution >= 4 is 26.7 Å². The second kappa shape index (κ2) is 17.1. The van der Waals surface area contributed by atoms with Gasteiger partial charge in [0.25, 0.3) is 0 Å². The monoisotopic (exact) mass is 554 g/mol. The maximum absolute atomic E-state index is 10.2. The number of carbonyl (C=O) groups excluding carboxylic acids is 3. The van der Waals surface area contributed by atoms with Crippen molar-refractivity contribution in [3.05, 3.63) is 71.3 Å². The van der Waals surface area contributed by atoms with Crippen molar-refractivity contribution < 1.29 is 63.2 Å². The number of hydrogen-bond acceptors (Lipinski definition) is 10. The van der Waals surface area contributed by atoms with Crippen LogP contribution in [0.5, 0.6) is 34.5 Å². The van der Waals surface area contributed by atoms with Gasteiger partial charge in [-0.15, -0.1) is 0 Å². The van der Waals surface area contributed by atoms with Crippen LogP contribution in [-0.2, 0) is 4.57 Å². The Hall–Kier alpha value is -4.42. The van der Waals surface area contributed by atoms with Gasteiger partial charge < -0.3 is 44.2 Å². The summed E-state index contributed by atoms with van der Waals surface area (Å²) in [4.78, 5) is 52.3. The van der Waals surface area contributed by atoms with Crippen molar-refractivity contribution in [2.75, 3.05) is 21.3 Å². The first-order valence-electron chi connectivity index (χ1n) is 10.1. The maximum Gasteiger partial charge on any atom is 0.466 e. The second-order valence-corrected chi connectivity index (χ2v) is 7.69. The molecule has 206 valence electrons. The van der Waals surface area contributed by atoms with E-state index in [0.717, 1.165) is 0 Å². The van der Waals surface area contributed by atoms with Gasteiger partial charge >= 0.3 is 7.82 Å². The number of carbonyl (C=O) groups is 3. The summed E-state index contributed by atoms with van der Waals surface area (Å²) in [7, 11) is -0.336. The summed E-state index contributed by atoms with van der Waals surface area (Å²) < 4.78 is 23.2. The van der Waals surface area contributed by atoms with E-state index < -0.39 is 7.82 Å². The van der Waals surface area contributed by atoms with Crippen LogP contribution in [0.1, 0.15) is 31.1 Å². The van der Waals surface area contributed by atoms with E-state index in [1.54, 1.807) is 0 Å². The van der Waals surface area contributed by atoms with Crippen molar-refractivity contribution in [2.24, 2.45) is 0 Å².